The molecule has 0 heterocycles. The molecular formula is C15H24N2O2. The van der Waals surface area contributed by atoms with E-state index in [4.69, 9.17) is 10.8 Å². The van der Waals surface area contributed by atoms with E-state index in [0.717, 1.165) is 12.1 Å². The summed E-state index contributed by atoms with van der Waals surface area (Å²) in [4.78, 5) is 12.7. The lowest BCUT2D eigenvalue weighted by atomic mass is 10.0. The minimum absolute atomic E-state index is 0.444. The van der Waals surface area contributed by atoms with Crippen LogP contribution in [0.2, 0.25) is 0 Å². The highest BCUT2D eigenvalue weighted by atomic mass is 16.4. The van der Waals surface area contributed by atoms with Gasteiger partial charge >= 0.3 is 5.97 Å². The van der Waals surface area contributed by atoms with Crippen LogP contribution in [0.4, 0.5) is 5.69 Å². The van der Waals surface area contributed by atoms with Crippen molar-refractivity contribution in [1.29, 1.82) is 0 Å². The summed E-state index contributed by atoms with van der Waals surface area (Å²) in [7, 11) is 1.95. The van der Waals surface area contributed by atoms with Gasteiger partial charge < -0.3 is 15.7 Å². The molecule has 0 spiro atoms. The Kier molecular flexibility index (Phi) is 5.83. The van der Waals surface area contributed by atoms with Crippen LogP contribution < -0.4 is 10.6 Å². The summed E-state index contributed by atoms with van der Waals surface area (Å²) in [5.41, 5.74) is 7.91. The summed E-state index contributed by atoms with van der Waals surface area (Å²) in [5.74, 6) is -0.294. The second kappa shape index (κ2) is 7.14. The molecule has 1 aromatic rings. The Labute approximate surface area is 115 Å². The number of nitrogens with two attached hydrogens (primary N) is 1. The Bertz CT molecular complexity index is 401. The molecule has 19 heavy (non-hydrogen) atoms. The lowest BCUT2D eigenvalue weighted by Crippen LogP contribution is -2.34. The zero-order valence-electron chi connectivity index (χ0n) is 12.0. The lowest BCUT2D eigenvalue weighted by molar-refractivity contribution is -0.138. The maximum Gasteiger partial charge on any atom is 0.320 e. The minimum atomic E-state index is -0.944. The molecule has 1 aromatic carbocycles. The van der Waals surface area contributed by atoms with Crippen LogP contribution in [-0.4, -0.2) is 30.7 Å². The van der Waals surface area contributed by atoms with Crippen molar-refractivity contribution in [3.05, 3.63) is 29.8 Å². The fourth-order valence-corrected chi connectivity index (χ4v) is 1.94. The third-order valence-corrected chi connectivity index (χ3v) is 3.11. The van der Waals surface area contributed by atoms with Crippen LogP contribution in [0, 0.1) is 5.92 Å². The average Bonchev–Trinajstić information content (AvgIpc) is 2.35. The van der Waals surface area contributed by atoms with Gasteiger partial charge in [0.1, 0.15) is 6.04 Å². The van der Waals surface area contributed by atoms with E-state index in [1.807, 2.05) is 11.9 Å². The molecule has 0 aromatic heterocycles. The highest BCUT2D eigenvalue weighted by Crippen LogP contribution is 2.16. The minimum Gasteiger partial charge on any atom is -0.480 e. The van der Waals surface area contributed by atoms with E-state index in [9.17, 15) is 4.79 Å². The van der Waals surface area contributed by atoms with Crippen molar-refractivity contribution in [3.8, 4) is 0 Å². The second-order valence-electron chi connectivity index (χ2n) is 5.42. The standard InChI is InChI=1S/C15H24N2O2/c1-11(2)10-12-4-6-13(7-5-12)17(3)9-8-14(16)15(18)19/h4-7,11,14H,8-10,16H2,1-3H3,(H,18,19). The molecule has 0 aliphatic carbocycles. The number of benzene rings is 1. The summed E-state index contributed by atoms with van der Waals surface area (Å²) in [6.45, 7) is 5.04. The smallest absolute Gasteiger partial charge is 0.320 e. The van der Waals surface area contributed by atoms with Gasteiger partial charge in [0.15, 0.2) is 0 Å². The molecule has 0 aliphatic rings. The molecule has 0 saturated carbocycles. The lowest BCUT2D eigenvalue weighted by Gasteiger charge is -2.20. The molecule has 0 fully saturated rings. The van der Waals surface area contributed by atoms with Crippen LogP contribution >= 0.6 is 0 Å². The number of nitrogens with zero attached hydrogens (tertiary/aromatic N) is 1. The van der Waals surface area contributed by atoms with Gasteiger partial charge in [-0.15, -0.1) is 0 Å². The Morgan fingerprint density at radius 2 is 1.89 bits per heavy atom. The Morgan fingerprint density at radius 3 is 2.37 bits per heavy atom. The van der Waals surface area contributed by atoms with Crippen molar-refractivity contribution in [3.63, 3.8) is 0 Å². The highest BCUT2D eigenvalue weighted by Gasteiger charge is 2.12. The molecule has 4 nitrogen and oxygen atoms in total. The molecule has 0 amide bonds. The van der Waals surface area contributed by atoms with E-state index in [-0.39, 0.29) is 0 Å². The number of hydrogen-bond donors (Lipinski definition) is 2. The largest absolute Gasteiger partial charge is 0.480 e. The first kappa shape index (κ1) is 15.5. The summed E-state index contributed by atoms with van der Waals surface area (Å²) in [6.07, 6.45) is 1.52. The molecule has 0 aliphatic heterocycles. The monoisotopic (exact) mass is 264 g/mol. The van der Waals surface area contributed by atoms with Crippen LogP contribution in [0.3, 0.4) is 0 Å². The number of carboxylic acids is 1. The first-order valence-corrected chi connectivity index (χ1v) is 6.68. The van der Waals surface area contributed by atoms with E-state index in [2.05, 4.69) is 38.1 Å². The zero-order chi connectivity index (χ0) is 14.4. The maximum absolute atomic E-state index is 10.7. The third-order valence-electron chi connectivity index (χ3n) is 3.11. The quantitative estimate of drug-likeness (QED) is 0.791. The van der Waals surface area contributed by atoms with Crippen LogP contribution in [0.5, 0.6) is 0 Å². The predicted molar refractivity (Wildman–Crippen MR) is 78.5 cm³/mol. The van der Waals surface area contributed by atoms with Crippen molar-refractivity contribution >= 4 is 11.7 Å². The molecule has 3 N–H and O–H groups in total. The van der Waals surface area contributed by atoms with E-state index in [1.54, 1.807) is 0 Å². The topological polar surface area (TPSA) is 66.6 Å². The number of rotatable bonds is 7. The van der Waals surface area contributed by atoms with Crippen LogP contribution in [0.1, 0.15) is 25.8 Å². The van der Waals surface area contributed by atoms with Gasteiger partial charge in [-0.2, -0.15) is 0 Å². The van der Waals surface area contributed by atoms with E-state index >= 15 is 0 Å². The normalized spacial score (nSPS) is 12.5. The van der Waals surface area contributed by atoms with Gasteiger partial charge in [0.2, 0.25) is 0 Å². The van der Waals surface area contributed by atoms with E-state index < -0.39 is 12.0 Å². The molecule has 1 atom stereocenters. The molecule has 106 valence electrons. The third kappa shape index (κ3) is 5.30. The van der Waals surface area contributed by atoms with Gasteiger partial charge in [0.05, 0.1) is 0 Å². The number of carbonyl (C=O) groups is 1. The van der Waals surface area contributed by atoms with Gasteiger partial charge in [0, 0.05) is 19.3 Å². The fraction of sp³-hybridized carbons (Fsp3) is 0.533. The summed E-state index contributed by atoms with van der Waals surface area (Å²) >= 11 is 0. The molecule has 1 unspecified atom stereocenters. The Hall–Kier alpha value is -1.55. The van der Waals surface area contributed by atoms with Crippen molar-refractivity contribution < 1.29 is 9.90 Å². The average molecular weight is 264 g/mol. The SMILES string of the molecule is CC(C)Cc1ccc(N(C)CCC(N)C(=O)O)cc1. The van der Waals surface area contributed by atoms with Crippen molar-refractivity contribution in [2.24, 2.45) is 11.7 Å². The van der Waals surface area contributed by atoms with Crippen molar-refractivity contribution in [2.75, 3.05) is 18.5 Å². The number of aliphatic carboxylic acids is 1. The van der Waals surface area contributed by atoms with Crippen molar-refractivity contribution in [1.82, 2.24) is 0 Å². The zero-order valence-corrected chi connectivity index (χ0v) is 12.0. The molecule has 0 radical (unpaired) electrons. The summed E-state index contributed by atoms with van der Waals surface area (Å²) in [5, 5.41) is 8.74. The number of anilines is 1. The molecular weight excluding hydrogens is 240 g/mol. The highest BCUT2D eigenvalue weighted by molar-refractivity contribution is 5.73. The van der Waals surface area contributed by atoms with Gasteiger partial charge in [-0.1, -0.05) is 26.0 Å². The van der Waals surface area contributed by atoms with E-state index in [1.165, 1.54) is 5.56 Å². The van der Waals surface area contributed by atoms with Crippen LogP contribution in [-0.2, 0) is 11.2 Å². The maximum atomic E-state index is 10.7. The molecule has 0 bridgehead atoms. The molecule has 0 saturated heterocycles. The van der Waals surface area contributed by atoms with Crippen molar-refractivity contribution in [2.45, 2.75) is 32.7 Å². The first-order valence-electron chi connectivity index (χ1n) is 6.68. The van der Waals surface area contributed by atoms with Gasteiger partial charge in [-0.25, -0.2) is 0 Å². The summed E-state index contributed by atoms with van der Waals surface area (Å²) in [6, 6.07) is 7.61. The second-order valence-corrected chi connectivity index (χ2v) is 5.42. The fourth-order valence-electron chi connectivity index (χ4n) is 1.94. The molecule has 4 heteroatoms. The Morgan fingerprint density at radius 1 is 1.32 bits per heavy atom. The van der Waals surface area contributed by atoms with Gasteiger partial charge in [-0.05, 0) is 36.5 Å². The Balaban J connectivity index is 2.53. The number of carboxylic acid groups (broad SMARTS) is 1. The van der Waals surface area contributed by atoms with E-state index in [0.29, 0.717) is 18.9 Å². The van der Waals surface area contributed by atoms with Crippen LogP contribution in [0.15, 0.2) is 24.3 Å². The van der Waals surface area contributed by atoms with Gasteiger partial charge in [-0.3, -0.25) is 4.79 Å². The van der Waals surface area contributed by atoms with Gasteiger partial charge in [0.25, 0.3) is 0 Å². The number of hydrogen-bond acceptors (Lipinski definition) is 3. The predicted octanol–water partition coefficient (Wildman–Crippen LogP) is 2.12. The molecule has 1 rings (SSSR count). The first-order chi connectivity index (χ1) is 8.90. The van der Waals surface area contributed by atoms with Crippen LogP contribution in [0.25, 0.3) is 0 Å². The summed E-state index contributed by atoms with van der Waals surface area (Å²) < 4.78 is 0.